The molecule has 5 aliphatic carbocycles. The van der Waals surface area contributed by atoms with Crippen molar-refractivity contribution in [2.75, 3.05) is 6.61 Å². The van der Waals surface area contributed by atoms with Crippen LogP contribution < -0.4 is 0 Å². The number of rotatable bonds is 13. The molecule has 0 amide bonds. The number of hydrogen-bond acceptors (Lipinski definition) is 6. The number of ether oxygens (including phenoxy) is 4. The highest BCUT2D eigenvalue weighted by Crippen LogP contribution is 2.38. The van der Waals surface area contributed by atoms with E-state index in [9.17, 15) is 10.2 Å². The smallest absolute Gasteiger partial charge is 0.155 e. The van der Waals surface area contributed by atoms with Crippen LogP contribution in [0.2, 0.25) is 0 Å². The molecule has 6 heteroatoms. The summed E-state index contributed by atoms with van der Waals surface area (Å²) in [6.45, 7) is 4.98. The predicted molar refractivity (Wildman–Crippen MR) is 171 cm³/mol. The van der Waals surface area contributed by atoms with Gasteiger partial charge in [-0.2, -0.15) is 0 Å². The molecule has 6 nitrogen and oxygen atoms in total. The summed E-state index contributed by atoms with van der Waals surface area (Å²) in [5.41, 5.74) is 0. The maximum absolute atomic E-state index is 9.78. The molecular formula is C37H66O6. The van der Waals surface area contributed by atoms with Crippen molar-refractivity contribution in [1.82, 2.24) is 0 Å². The van der Waals surface area contributed by atoms with Crippen molar-refractivity contribution in [3.63, 3.8) is 0 Å². The summed E-state index contributed by atoms with van der Waals surface area (Å²) in [6, 6.07) is 0. The predicted octanol–water partition coefficient (Wildman–Crippen LogP) is 8.30. The van der Waals surface area contributed by atoms with Crippen molar-refractivity contribution in [2.45, 2.75) is 198 Å². The summed E-state index contributed by atoms with van der Waals surface area (Å²) in [5, 5.41) is 19.6. The Morgan fingerprint density at radius 1 is 0.419 bits per heavy atom. The number of aliphatic hydroxyl groups is 2. The monoisotopic (exact) mass is 606 g/mol. The van der Waals surface area contributed by atoms with Crippen LogP contribution >= 0.6 is 0 Å². The summed E-state index contributed by atoms with van der Waals surface area (Å²) in [4.78, 5) is 0. The minimum atomic E-state index is -0.116. The van der Waals surface area contributed by atoms with Crippen LogP contribution in [0, 0.1) is 29.6 Å². The van der Waals surface area contributed by atoms with Gasteiger partial charge in [0.15, 0.2) is 12.6 Å². The minimum absolute atomic E-state index is 0.0389. The molecule has 2 unspecified atom stereocenters. The van der Waals surface area contributed by atoms with E-state index in [0.29, 0.717) is 24.2 Å². The first-order valence-corrected chi connectivity index (χ1v) is 18.8. The zero-order valence-electron chi connectivity index (χ0n) is 27.7. The Labute approximate surface area is 263 Å². The molecule has 43 heavy (non-hydrogen) atoms. The zero-order valence-corrected chi connectivity index (χ0v) is 27.7. The average Bonchev–Trinajstić information content (AvgIpc) is 3.01. The van der Waals surface area contributed by atoms with Crippen molar-refractivity contribution in [2.24, 2.45) is 29.6 Å². The maximum Gasteiger partial charge on any atom is 0.155 e. The van der Waals surface area contributed by atoms with E-state index in [1.54, 1.807) is 0 Å². The second-order valence-corrected chi connectivity index (χ2v) is 15.6. The highest BCUT2D eigenvalue weighted by molar-refractivity contribution is 4.81. The normalized spacial score (nSPS) is 41.0. The Bertz CT molecular complexity index is 738. The second-order valence-electron chi connectivity index (χ2n) is 15.6. The quantitative estimate of drug-likeness (QED) is 0.205. The Kier molecular flexibility index (Phi) is 14.0. The lowest BCUT2D eigenvalue weighted by molar-refractivity contribution is -0.200. The van der Waals surface area contributed by atoms with Crippen molar-refractivity contribution >= 4 is 0 Å². The van der Waals surface area contributed by atoms with Crippen LogP contribution in [0.1, 0.15) is 155 Å². The molecular weight excluding hydrogens is 540 g/mol. The van der Waals surface area contributed by atoms with Crippen LogP contribution in [0.5, 0.6) is 0 Å². The van der Waals surface area contributed by atoms with Gasteiger partial charge >= 0.3 is 0 Å². The molecule has 0 aromatic heterocycles. The first-order chi connectivity index (χ1) is 20.9. The third-order valence-electron chi connectivity index (χ3n) is 12.1. The van der Waals surface area contributed by atoms with Crippen LogP contribution in [0.4, 0.5) is 0 Å². The molecule has 0 aromatic carbocycles. The Morgan fingerprint density at radius 2 is 0.721 bits per heavy atom. The molecule has 2 N–H and O–H groups in total. The van der Waals surface area contributed by atoms with Crippen molar-refractivity contribution in [3.8, 4) is 0 Å². The van der Waals surface area contributed by atoms with Crippen LogP contribution in [-0.2, 0) is 18.9 Å². The van der Waals surface area contributed by atoms with Gasteiger partial charge in [-0.25, -0.2) is 0 Å². The van der Waals surface area contributed by atoms with E-state index in [-0.39, 0.29) is 24.8 Å². The lowest BCUT2D eigenvalue weighted by Gasteiger charge is -2.35. The third kappa shape index (κ3) is 11.8. The maximum atomic E-state index is 9.78. The summed E-state index contributed by atoms with van der Waals surface area (Å²) in [7, 11) is 0. The summed E-state index contributed by atoms with van der Waals surface area (Å²) >= 11 is 0. The van der Waals surface area contributed by atoms with Crippen LogP contribution in [-0.4, -0.2) is 59.9 Å². The van der Waals surface area contributed by atoms with Crippen molar-refractivity contribution < 1.29 is 29.2 Å². The van der Waals surface area contributed by atoms with Gasteiger partial charge in [-0.05, 0) is 185 Å². The highest BCUT2D eigenvalue weighted by atomic mass is 16.7. The van der Waals surface area contributed by atoms with E-state index in [2.05, 4.69) is 13.8 Å². The second kappa shape index (κ2) is 17.6. The fourth-order valence-corrected chi connectivity index (χ4v) is 9.30. The zero-order chi connectivity index (χ0) is 30.0. The lowest BCUT2D eigenvalue weighted by atomic mass is 9.76. The molecule has 0 heterocycles. The highest BCUT2D eigenvalue weighted by Gasteiger charge is 2.30. The topological polar surface area (TPSA) is 77.4 Å². The lowest BCUT2D eigenvalue weighted by Crippen LogP contribution is -2.33. The largest absolute Gasteiger partial charge is 0.393 e. The Balaban J connectivity index is 0.871. The minimum Gasteiger partial charge on any atom is -0.393 e. The Hall–Kier alpha value is -0.240. The SMILES string of the molecule is CC(OCC1CCC(OC(C)OC2CCC(CC3CCC(O)CC3)CC2)CC1)OC1CCC(CC2CCC(O)CC2)CC1. The van der Waals surface area contributed by atoms with Gasteiger partial charge in [-0.15, -0.1) is 0 Å². The van der Waals surface area contributed by atoms with Gasteiger partial charge in [-0.3, -0.25) is 0 Å². The van der Waals surface area contributed by atoms with E-state index in [4.69, 9.17) is 18.9 Å². The van der Waals surface area contributed by atoms with Gasteiger partial charge in [0.2, 0.25) is 0 Å². The van der Waals surface area contributed by atoms with Crippen molar-refractivity contribution in [3.05, 3.63) is 0 Å². The number of hydrogen-bond donors (Lipinski definition) is 2. The molecule has 0 aliphatic heterocycles. The van der Waals surface area contributed by atoms with E-state index >= 15 is 0 Å². The van der Waals surface area contributed by atoms with E-state index < -0.39 is 0 Å². The molecule has 0 aromatic rings. The molecule has 5 saturated carbocycles. The fourth-order valence-electron chi connectivity index (χ4n) is 9.30. The third-order valence-corrected chi connectivity index (χ3v) is 12.1. The van der Waals surface area contributed by atoms with Crippen LogP contribution in [0.15, 0.2) is 0 Å². The average molecular weight is 607 g/mol. The first-order valence-electron chi connectivity index (χ1n) is 18.8. The van der Waals surface area contributed by atoms with Gasteiger partial charge < -0.3 is 29.2 Å². The molecule has 5 aliphatic rings. The summed E-state index contributed by atoms with van der Waals surface area (Å²) < 4.78 is 25.3. The molecule has 0 spiro atoms. The first kappa shape index (κ1) is 34.1. The van der Waals surface area contributed by atoms with Gasteiger partial charge in [0, 0.05) is 0 Å². The van der Waals surface area contributed by atoms with E-state index in [0.717, 1.165) is 81.6 Å². The standard InChI is InChI=1S/C37H66O6/c1-26(41-35-17-7-30(8-18-35)23-28-3-13-33(38)14-4-28)40-25-32-11-21-37(22-12-32)43-27(2)42-36-19-9-31(10-20-36)24-29-5-15-34(39)16-6-29/h26-39H,3-25H2,1-2H3. The summed E-state index contributed by atoms with van der Waals surface area (Å²) in [6.07, 6.45) is 26.7. The van der Waals surface area contributed by atoms with Crippen molar-refractivity contribution in [1.29, 1.82) is 0 Å². The molecule has 0 radical (unpaired) electrons. The van der Waals surface area contributed by atoms with Gasteiger partial charge in [-0.1, -0.05) is 0 Å². The van der Waals surface area contributed by atoms with Gasteiger partial charge in [0.1, 0.15) is 0 Å². The van der Waals surface area contributed by atoms with Gasteiger partial charge in [0.25, 0.3) is 0 Å². The van der Waals surface area contributed by atoms with Crippen LogP contribution in [0.25, 0.3) is 0 Å². The molecule has 250 valence electrons. The van der Waals surface area contributed by atoms with E-state index in [1.165, 1.54) is 89.9 Å². The molecule has 0 bridgehead atoms. The Morgan fingerprint density at radius 3 is 1.09 bits per heavy atom. The summed E-state index contributed by atoms with van der Waals surface area (Å²) in [5.74, 6) is 3.98. The fraction of sp³-hybridized carbons (Fsp3) is 1.00. The van der Waals surface area contributed by atoms with Crippen LogP contribution in [0.3, 0.4) is 0 Å². The number of aliphatic hydroxyl groups excluding tert-OH is 2. The molecule has 5 rings (SSSR count). The molecule has 0 saturated heterocycles. The molecule has 2 atom stereocenters. The van der Waals surface area contributed by atoms with E-state index in [1.807, 2.05) is 0 Å². The molecule has 5 fully saturated rings. The van der Waals surface area contributed by atoms with Gasteiger partial charge in [0.05, 0.1) is 37.1 Å².